The number of guanidine groups is 2. The van der Waals surface area contributed by atoms with E-state index in [-0.39, 0.29) is 73.6 Å². The van der Waals surface area contributed by atoms with Crippen molar-refractivity contribution >= 4 is 138 Å². The SMILES string of the molecule is CNc1cccc(N=Nc2ccc(C(=O)C(CNC(=N)N)C[C@H](N)C(=O)NCC(=O)N[C@H](C(=O)N[C@H](C(=O)N[C@@H](CC(N)=O)C(=O)N[C@@H](C)C(=O)N[C@@H](CO)C(=O)N[C@@H](CO)C(=O)N[C@@H](CCCNC(=N)N)C(=O)N[C@@H](CC(C)C)C(=O)N[C@@H](C)C(=O)NCCNc3cccc4c(S(=O)(=O)O)cccc34)C(C)C)C(C)C)cc2)c1NC. The van der Waals surface area contributed by atoms with Crippen LogP contribution in [-0.4, -0.2) is 232 Å². The topological polar surface area (TPSA) is 686 Å². The number of benzene rings is 4. The van der Waals surface area contributed by atoms with Crippen LogP contribution in [-0.2, 0) is 67.7 Å². The minimum atomic E-state index is -4.53. The maximum Gasteiger partial charge on any atom is 0.295 e. The molecule has 0 spiro atoms. The Morgan fingerprint density at radius 1 is 0.491 bits per heavy atom. The van der Waals surface area contributed by atoms with Gasteiger partial charge in [0.1, 0.15) is 65.0 Å². The molecule has 0 saturated carbocycles. The first-order chi connectivity index (χ1) is 54.6. The second-order valence-electron chi connectivity index (χ2n) is 28.1. The lowest BCUT2D eigenvalue weighted by molar-refractivity contribution is -0.137. The summed E-state index contributed by atoms with van der Waals surface area (Å²) in [5, 5.41) is 86.2. The maximum atomic E-state index is 14.1. The third-order valence-corrected chi connectivity index (χ3v) is 18.7. The van der Waals surface area contributed by atoms with E-state index in [1.54, 1.807) is 84.3 Å². The van der Waals surface area contributed by atoms with Crippen LogP contribution in [0.25, 0.3) is 10.8 Å². The van der Waals surface area contributed by atoms with Crippen molar-refractivity contribution in [3.8, 4) is 0 Å². The van der Waals surface area contributed by atoms with Crippen LogP contribution in [0.3, 0.4) is 0 Å². The molecule has 0 radical (unpaired) electrons. The van der Waals surface area contributed by atoms with Gasteiger partial charge in [0.05, 0.1) is 49.3 Å². The van der Waals surface area contributed by atoms with Crippen LogP contribution in [0.15, 0.2) is 94.0 Å². The summed E-state index contributed by atoms with van der Waals surface area (Å²) in [6.07, 6.45) is -1.27. The van der Waals surface area contributed by atoms with E-state index in [2.05, 4.69) is 95.3 Å². The lowest BCUT2D eigenvalue weighted by Crippen LogP contribution is -2.61. The molecule has 0 aliphatic heterocycles. The predicted molar refractivity (Wildman–Crippen MR) is 430 cm³/mol. The number of para-hydroxylation sites is 1. The first kappa shape index (κ1) is 96.2. The minimum Gasteiger partial charge on any atom is -0.394 e. The maximum absolute atomic E-state index is 14.1. The van der Waals surface area contributed by atoms with Crippen LogP contribution >= 0.6 is 0 Å². The highest BCUT2D eigenvalue weighted by atomic mass is 32.2. The molecule has 636 valence electrons. The summed E-state index contributed by atoms with van der Waals surface area (Å²) in [6, 6.07) is 5.24. The Labute approximate surface area is 670 Å². The van der Waals surface area contributed by atoms with E-state index in [9.17, 15) is 85.5 Å². The number of nitrogens with one attached hydrogen (secondary N) is 18. The number of aliphatic hydroxyl groups excluding tert-OH is 2. The quantitative estimate of drug-likeness (QED) is 0.00517. The molecule has 12 amide bonds. The van der Waals surface area contributed by atoms with Crippen molar-refractivity contribution in [2.45, 2.75) is 153 Å². The van der Waals surface area contributed by atoms with E-state index in [1.807, 2.05) is 6.07 Å². The highest BCUT2D eigenvalue weighted by Crippen LogP contribution is 2.34. The number of nitrogens with zero attached hydrogens (tertiary/aromatic N) is 2. The van der Waals surface area contributed by atoms with Crippen LogP contribution in [0.4, 0.5) is 28.4 Å². The number of amides is 12. The summed E-state index contributed by atoms with van der Waals surface area (Å²) < 4.78 is 33.6. The standard InChI is InChI=1S/C73H110N24O18S/c1-36(2)29-51(66(107)87-39(7)62(103)83-28-27-82-47-17-11-16-45-44(47)15-12-21-55(45)116(113,114)115)90-65(106)50(20-14-26-84-72(76)77)89-68(109)54(35-99)93-69(110)53(34-98)92-63(104)40(8)88-67(108)52(31-56(75)100)91-70(111)59(38(5)6)95-71(112)58(37(3)4)94-57(101)33-85-64(105)46(74)30-42(32-86-73(78)79)61(102)41-22-24-43(25-23-41)96-97-49-19-13-18-48(80-9)60(49)81-10/h11-13,15-19,21-25,36-40,42,46,50-54,58-59,80-82,98-99H,14,20,26-35,74H2,1-10H3,(H2,75,100)(H,83,103)(H,85,105)(H,87,107)(H,88,108)(H,89,109)(H,90,106)(H,91,111)(H,92,104)(H,93,110)(H,94,101)(H,95,112)(H4,76,77,84)(H4,78,79,86)(H,113,114,115)/t39-,40-,42?,46-,50-,51-,52-,53-,54-,58-,59-/m0/s1. The van der Waals surface area contributed by atoms with Crippen molar-refractivity contribution in [1.29, 1.82) is 10.8 Å². The molecule has 4 aromatic rings. The molecule has 4 aromatic carbocycles. The number of hydrogen-bond donors (Lipinski definition) is 25. The van der Waals surface area contributed by atoms with Crippen molar-refractivity contribution in [2.75, 3.05) is 76.0 Å². The number of carbonyl (C=O) groups is 13. The normalized spacial score (nSPS) is 14.2. The number of carbonyl (C=O) groups excluding carboxylic acids is 13. The van der Waals surface area contributed by atoms with Gasteiger partial charge in [0, 0.05) is 68.2 Å². The fourth-order valence-corrected chi connectivity index (χ4v) is 12.2. The first-order valence-corrected chi connectivity index (χ1v) is 38.6. The number of rotatable bonds is 48. The molecule has 43 heteroatoms. The molecule has 116 heavy (non-hydrogen) atoms. The molecule has 29 N–H and O–H groups in total. The van der Waals surface area contributed by atoms with Crippen molar-refractivity contribution in [1.82, 2.24) is 69.1 Å². The van der Waals surface area contributed by atoms with Gasteiger partial charge in [-0.05, 0) is 106 Å². The number of azo groups is 1. The number of anilines is 3. The number of Topliss-reactive ketones (excluding diaryl/α,β-unsaturated/α-hetero) is 1. The van der Waals surface area contributed by atoms with Crippen molar-refractivity contribution in [3.05, 3.63) is 84.4 Å². The predicted octanol–water partition coefficient (Wildman–Crippen LogP) is -3.19. The van der Waals surface area contributed by atoms with Gasteiger partial charge in [-0.2, -0.15) is 13.5 Å². The zero-order valence-corrected chi connectivity index (χ0v) is 67.0. The minimum absolute atomic E-state index is 0.0125. The van der Waals surface area contributed by atoms with Crippen LogP contribution in [0.2, 0.25) is 0 Å². The van der Waals surface area contributed by atoms with E-state index in [4.69, 9.17) is 33.8 Å². The number of hydrogen-bond acceptors (Lipinski definition) is 25. The second-order valence-corrected chi connectivity index (χ2v) is 29.5. The Morgan fingerprint density at radius 2 is 1.01 bits per heavy atom. The van der Waals surface area contributed by atoms with Crippen molar-refractivity contribution < 1.29 is 85.5 Å². The zero-order valence-electron chi connectivity index (χ0n) is 66.2. The Kier molecular flexibility index (Phi) is 38.8. The van der Waals surface area contributed by atoms with Crippen LogP contribution < -0.4 is 108 Å². The third-order valence-electron chi connectivity index (χ3n) is 17.7. The zero-order chi connectivity index (χ0) is 86.8. The summed E-state index contributed by atoms with van der Waals surface area (Å²) in [4.78, 5) is 177. The summed E-state index contributed by atoms with van der Waals surface area (Å²) >= 11 is 0. The lowest BCUT2D eigenvalue weighted by atomic mass is 9.91. The number of fused-ring (bicyclic) bond motifs is 1. The van der Waals surface area contributed by atoms with Crippen LogP contribution in [0.1, 0.15) is 97.9 Å². The Hall–Kier alpha value is -12.2. The molecule has 0 aliphatic carbocycles. The molecule has 0 bridgehead atoms. The highest BCUT2D eigenvalue weighted by Gasteiger charge is 2.37. The Balaban J connectivity index is 1.35. The Bertz CT molecular complexity index is 4300. The summed E-state index contributed by atoms with van der Waals surface area (Å²) in [7, 11) is -1.03. The number of aliphatic hydroxyl groups is 2. The van der Waals surface area contributed by atoms with Crippen molar-refractivity contribution in [2.24, 2.45) is 56.8 Å². The molecule has 0 fully saturated rings. The molecule has 42 nitrogen and oxygen atoms in total. The van der Waals surface area contributed by atoms with Gasteiger partial charge in [0.25, 0.3) is 10.1 Å². The van der Waals surface area contributed by atoms with E-state index >= 15 is 0 Å². The van der Waals surface area contributed by atoms with E-state index in [1.165, 1.54) is 51.1 Å². The van der Waals surface area contributed by atoms with E-state index in [0.29, 0.717) is 28.1 Å². The largest absolute Gasteiger partial charge is 0.394 e. The van der Waals surface area contributed by atoms with Gasteiger partial charge in [-0.15, -0.1) is 5.11 Å². The average Bonchev–Trinajstić information content (AvgIpc) is 0.784. The fraction of sp³-hybridized carbons (Fsp3) is 0.493. The molecule has 1 unspecified atom stereocenters. The van der Waals surface area contributed by atoms with Gasteiger partial charge < -0.3 is 118 Å². The number of primary amides is 1. The van der Waals surface area contributed by atoms with Gasteiger partial charge in [-0.1, -0.05) is 71.9 Å². The van der Waals surface area contributed by atoms with E-state index < -0.39 is 203 Å². The summed E-state index contributed by atoms with van der Waals surface area (Å²) in [5.41, 5.74) is 25.9. The van der Waals surface area contributed by atoms with Gasteiger partial charge in [-0.25, -0.2) is 0 Å². The number of nitrogens with two attached hydrogens (primary N) is 4. The molecular weight excluding hydrogens is 1530 g/mol. The third kappa shape index (κ3) is 30.9. The summed E-state index contributed by atoms with van der Waals surface area (Å²) in [5.74, 6) is -16.0. The van der Waals surface area contributed by atoms with Gasteiger partial charge in [0.15, 0.2) is 17.7 Å². The molecular formula is C73H110N24O18S. The van der Waals surface area contributed by atoms with Gasteiger partial charge in [0.2, 0.25) is 70.9 Å². The first-order valence-electron chi connectivity index (χ1n) is 37.1. The summed E-state index contributed by atoms with van der Waals surface area (Å²) in [6.45, 7) is 9.14. The van der Waals surface area contributed by atoms with E-state index in [0.717, 1.165) is 12.6 Å². The van der Waals surface area contributed by atoms with Crippen molar-refractivity contribution in [3.63, 3.8) is 0 Å². The second kappa shape index (κ2) is 46.8. The molecule has 4 rings (SSSR count). The highest BCUT2D eigenvalue weighted by molar-refractivity contribution is 7.86. The molecule has 0 heterocycles. The smallest absolute Gasteiger partial charge is 0.295 e. The van der Waals surface area contributed by atoms with Crippen LogP contribution in [0.5, 0.6) is 0 Å². The molecule has 11 atom stereocenters. The lowest BCUT2D eigenvalue weighted by Gasteiger charge is -2.28. The van der Waals surface area contributed by atoms with Gasteiger partial charge >= 0.3 is 0 Å². The van der Waals surface area contributed by atoms with Crippen LogP contribution in [0, 0.1) is 34.5 Å². The fourth-order valence-electron chi connectivity index (χ4n) is 11.5. The molecule has 0 aliphatic rings. The Morgan fingerprint density at radius 3 is 1.58 bits per heavy atom. The monoisotopic (exact) mass is 1640 g/mol. The number of ketones is 1. The molecule has 0 saturated heterocycles. The average molecular weight is 1640 g/mol. The molecule has 0 aromatic heterocycles. The van der Waals surface area contributed by atoms with Gasteiger partial charge in [-0.3, -0.25) is 77.7 Å².